The summed E-state index contributed by atoms with van der Waals surface area (Å²) in [4.78, 5) is 0. The van der Waals surface area contributed by atoms with E-state index in [1.54, 1.807) is 0 Å². The molecule has 12 aromatic rings. The van der Waals surface area contributed by atoms with E-state index in [2.05, 4.69) is 182 Å². The molecule has 0 radical (unpaired) electrons. The minimum Gasteiger partial charge on any atom is -0.135 e. The van der Waals surface area contributed by atoms with Crippen molar-refractivity contribution in [3.05, 3.63) is 182 Å². The summed E-state index contributed by atoms with van der Waals surface area (Å²) in [5, 5.41) is 15.6. The summed E-state index contributed by atoms with van der Waals surface area (Å²) >= 11 is 3.82. The van der Waals surface area contributed by atoms with Crippen molar-refractivity contribution in [1.82, 2.24) is 0 Å². The highest BCUT2D eigenvalue weighted by Crippen LogP contribution is 2.47. The Morgan fingerprint density at radius 3 is 1.50 bits per heavy atom. The van der Waals surface area contributed by atoms with Gasteiger partial charge < -0.3 is 0 Å². The van der Waals surface area contributed by atoms with Gasteiger partial charge in [-0.3, -0.25) is 0 Å². The molecule has 250 valence electrons. The minimum atomic E-state index is 1.24. The van der Waals surface area contributed by atoms with Crippen LogP contribution < -0.4 is 0 Å². The van der Waals surface area contributed by atoms with Gasteiger partial charge in [0.25, 0.3) is 0 Å². The zero-order chi connectivity index (χ0) is 35.3. The molecule has 2 heteroatoms. The van der Waals surface area contributed by atoms with Gasteiger partial charge in [0.2, 0.25) is 0 Å². The summed E-state index contributed by atoms with van der Waals surface area (Å²) in [5.41, 5.74) is 7.58. The van der Waals surface area contributed by atoms with Gasteiger partial charge in [-0.05, 0) is 114 Å². The molecule has 0 bridgehead atoms. The van der Waals surface area contributed by atoms with Gasteiger partial charge in [-0.15, -0.1) is 22.7 Å². The molecule has 0 amide bonds. The molecule has 2 aromatic heterocycles. The first kappa shape index (κ1) is 30.2. The molecule has 0 spiro atoms. The molecule has 0 aliphatic carbocycles. The van der Waals surface area contributed by atoms with Crippen LogP contribution >= 0.6 is 22.7 Å². The lowest BCUT2D eigenvalue weighted by atomic mass is 9.85. The van der Waals surface area contributed by atoms with Crippen LogP contribution in [0.15, 0.2) is 182 Å². The number of hydrogen-bond acceptors (Lipinski definition) is 2. The van der Waals surface area contributed by atoms with E-state index in [1.165, 1.54) is 117 Å². The Labute approximate surface area is 319 Å². The molecule has 0 saturated heterocycles. The number of hydrogen-bond donors (Lipinski definition) is 0. The van der Waals surface area contributed by atoms with Crippen LogP contribution in [0, 0.1) is 0 Å². The number of thiophene rings is 2. The summed E-state index contributed by atoms with van der Waals surface area (Å²) in [6.45, 7) is 0. The summed E-state index contributed by atoms with van der Waals surface area (Å²) in [7, 11) is 0. The quantitative estimate of drug-likeness (QED) is 0.160. The van der Waals surface area contributed by atoms with E-state index in [9.17, 15) is 0 Å². The molecular formula is C52H30S2. The summed E-state index contributed by atoms with van der Waals surface area (Å²) in [6, 6.07) is 67.9. The van der Waals surface area contributed by atoms with Gasteiger partial charge >= 0.3 is 0 Å². The van der Waals surface area contributed by atoms with Gasteiger partial charge in [0.05, 0.1) is 0 Å². The molecule has 0 nitrogen and oxygen atoms in total. The Hall–Kier alpha value is -6.32. The minimum absolute atomic E-state index is 1.24. The highest BCUT2D eigenvalue weighted by atomic mass is 32.1. The van der Waals surface area contributed by atoms with Crippen molar-refractivity contribution >= 4 is 106 Å². The maximum Gasteiger partial charge on any atom is 0.0434 e. The smallest absolute Gasteiger partial charge is 0.0434 e. The standard InChI is InChI=1S/C52H30S2/c1-2-10-31(11-3-1)32-18-19-34-27-36(21-20-33(34)26-32)50-39-13-4-6-15-41(39)51(42-16-7-5-14-40(42)50)37-23-25-48-46(29-37)43-24-22-35-28-45-38-12-8-9-17-47(38)53-49(45)30-44(35)52(43)54-48/h1-30H. The van der Waals surface area contributed by atoms with Gasteiger partial charge in [-0.2, -0.15) is 0 Å². The van der Waals surface area contributed by atoms with E-state index in [4.69, 9.17) is 0 Å². The fraction of sp³-hybridized carbons (Fsp3) is 0. The van der Waals surface area contributed by atoms with E-state index >= 15 is 0 Å². The van der Waals surface area contributed by atoms with Gasteiger partial charge in [-0.25, -0.2) is 0 Å². The SMILES string of the molecule is c1ccc(-c2ccc3cc(-c4c5ccccc5c(-c5ccc6sc7c8cc9sc%10ccccc%10c9cc8ccc7c6c5)c5ccccc45)ccc3c2)cc1. The second-order valence-corrected chi connectivity index (χ2v) is 16.5. The van der Waals surface area contributed by atoms with Crippen LogP contribution in [0.4, 0.5) is 0 Å². The maximum absolute atomic E-state index is 2.45. The summed E-state index contributed by atoms with van der Waals surface area (Å²) in [5.74, 6) is 0. The van der Waals surface area contributed by atoms with Crippen molar-refractivity contribution in [1.29, 1.82) is 0 Å². The topological polar surface area (TPSA) is 0 Å². The predicted molar refractivity (Wildman–Crippen MR) is 239 cm³/mol. The van der Waals surface area contributed by atoms with Gasteiger partial charge in [0.1, 0.15) is 0 Å². The van der Waals surface area contributed by atoms with E-state index in [-0.39, 0.29) is 0 Å². The van der Waals surface area contributed by atoms with Crippen molar-refractivity contribution in [2.45, 2.75) is 0 Å². The average Bonchev–Trinajstić information content (AvgIpc) is 3.79. The monoisotopic (exact) mass is 718 g/mol. The van der Waals surface area contributed by atoms with Crippen molar-refractivity contribution in [2.24, 2.45) is 0 Å². The molecule has 0 saturated carbocycles. The zero-order valence-corrected chi connectivity index (χ0v) is 30.8. The Morgan fingerprint density at radius 2 is 0.778 bits per heavy atom. The first-order valence-electron chi connectivity index (χ1n) is 18.5. The van der Waals surface area contributed by atoms with Crippen LogP contribution in [0.3, 0.4) is 0 Å². The molecule has 0 N–H and O–H groups in total. The lowest BCUT2D eigenvalue weighted by Crippen LogP contribution is -1.91. The van der Waals surface area contributed by atoms with Gasteiger partial charge in [0, 0.05) is 45.7 Å². The lowest BCUT2D eigenvalue weighted by molar-refractivity contribution is 1.64. The highest BCUT2D eigenvalue weighted by Gasteiger charge is 2.19. The van der Waals surface area contributed by atoms with Crippen LogP contribution in [0.25, 0.3) is 117 Å². The molecule has 0 aliphatic rings. The first-order valence-corrected chi connectivity index (χ1v) is 20.1. The van der Waals surface area contributed by atoms with Gasteiger partial charge in [-0.1, -0.05) is 140 Å². The summed E-state index contributed by atoms with van der Waals surface area (Å²) < 4.78 is 5.41. The molecule has 10 aromatic carbocycles. The molecule has 2 heterocycles. The number of benzene rings is 10. The highest BCUT2D eigenvalue weighted by molar-refractivity contribution is 7.27. The second-order valence-electron chi connectivity index (χ2n) is 14.4. The van der Waals surface area contributed by atoms with Crippen molar-refractivity contribution < 1.29 is 0 Å². The lowest BCUT2D eigenvalue weighted by Gasteiger charge is -2.18. The molecular weight excluding hydrogens is 689 g/mol. The van der Waals surface area contributed by atoms with E-state index < -0.39 is 0 Å². The Balaban J connectivity index is 1.05. The van der Waals surface area contributed by atoms with Crippen molar-refractivity contribution in [3.63, 3.8) is 0 Å². The number of fused-ring (bicyclic) bond motifs is 11. The van der Waals surface area contributed by atoms with Gasteiger partial charge in [0.15, 0.2) is 0 Å². The van der Waals surface area contributed by atoms with Crippen LogP contribution in [0.5, 0.6) is 0 Å². The third kappa shape index (κ3) is 4.48. The van der Waals surface area contributed by atoms with Crippen LogP contribution in [-0.2, 0) is 0 Å². The first-order chi connectivity index (χ1) is 26.7. The predicted octanol–water partition coefficient (Wildman–Crippen LogP) is 16.0. The summed E-state index contributed by atoms with van der Waals surface area (Å²) in [6.07, 6.45) is 0. The normalized spacial score (nSPS) is 12.1. The van der Waals surface area contributed by atoms with Crippen LogP contribution in [0.2, 0.25) is 0 Å². The third-order valence-corrected chi connectivity index (χ3v) is 13.8. The van der Waals surface area contributed by atoms with Crippen molar-refractivity contribution in [3.8, 4) is 33.4 Å². The van der Waals surface area contributed by atoms with E-state index in [1.807, 2.05) is 22.7 Å². The Kier molecular flexibility index (Phi) is 6.48. The fourth-order valence-electron chi connectivity index (χ4n) is 8.90. The zero-order valence-electron chi connectivity index (χ0n) is 29.1. The molecule has 54 heavy (non-hydrogen) atoms. The Bertz CT molecular complexity index is 3430. The van der Waals surface area contributed by atoms with E-state index in [0.29, 0.717) is 0 Å². The fourth-order valence-corrected chi connectivity index (χ4v) is 11.2. The second kappa shape index (κ2) is 11.6. The average molecular weight is 719 g/mol. The third-order valence-electron chi connectivity index (χ3n) is 11.4. The largest absolute Gasteiger partial charge is 0.135 e. The maximum atomic E-state index is 2.45. The Morgan fingerprint density at radius 1 is 0.241 bits per heavy atom. The van der Waals surface area contributed by atoms with E-state index in [0.717, 1.165) is 0 Å². The van der Waals surface area contributed by atoms with Crippen LogP contribution in [0.1, 0.15) is 0 Å². The molecule has 12 rings (SSSR count). The molecule has 0 atom stereocenters. The number of rotatable bonds is 3. The molecule has 0 aliphatic heterocycles. The van der Waals surface area contributed by atoms with Crippen LogP contribution in [-0.4, -0.2) is 0 Å². The molecule has 0 unspecified atom stereocenters. The molecule has 0 fully saturated rings. The van der Waals surface area contributed by atoms with Crippen molar-refractivity contribution in [2.75, 3.05) is 0 Å².